The van der Waals surface area contributed by atoms with Crippen molar-refractivity contribution in [2.24, 2.45) is 0 Å². The van der Waals surface area contributed by atoms with Gasteiger partial charge in [0.2, 0.25) is 0 Å². The van der Waals surface area contributed by atoms with Crippen molar-refractivity contribution in [2.75, 3.05) is 4.31 Å². The molecule has 1 heterocycles. The van der Waals surface area contributed by atoms with Crippen molar-refractivity contribution in [1.82, 2.24) is 5.32 Å². The van der Waals surface area contributed by atoms with Crippen LogP contribution in [0, 0.1) is 5.82 Å². The number of halogens is 1. The van der Waals surface area contributed by atoms with E-state index in [0.717, 1.165) is 11.1 Å². The van der Waals surface area contributed by atoms with Gasteiger partial charge in [-0.1, -0.05) is 30.3 Å². The molecular weight excluding hydrogens is 415 g/mol. The molecule has 5 nitrogen and oxygen atoms in total. The van der Waals surface area contributed by atoms with Gasteiger partial charge in [-0.05, 0) is 73.9 Å². The van der Waals surface area contributed by atoms with Crippen LogP contribution in [-0.2, 0) is 16.4 Å². The Labute approximate surface area is 181 Å². The Hall–Kier alpha value is -3.19. The third-order valence-corrected chi connectivity index (χ3v) is 7.45. The minimum atomic E-state index is -3.69. The van der Waals surface area contributed by atoms with Crippen LogP contribution in [0.5, 0.6) is 0 Å². The highest BCUT2D eigenvalue weighted by Gasteiger charge is 2.36. The average molecular weight is 439 g/mol. The average Bonchev–Trinajstić information content (AvgIpc) is 3.10. The Balaban J connectivity index is 1.57. The first-order valence-corrected chi connectivity index (χ1v) is 11.5. The van der Waals surface area contributed by atoms with Crippen molar-refractivity contribution in [2.45, 2.75) is 37.2 Å². The van der Waals surface area contributed by atoms with Crippen LogP contribution in [0.2, 0.25) is 0 Å². The van der Waals surface area contributed by atoms with Gasteiger partial charge in [0.05, 0.1) is 16.6 Å². The van der Waals surface area contributed by atoms with Crippen LogP contribution >= 0.6 is 0 Å². The summed E-state index contributed by atoms with van der Waals surface area (Å²) in [5.74, 6) is -0.596. The van der Waals surface area contributed by atoms with Crippen LogP contribution in [0.15, 0.2) is 77.7 Å². The number of carbonyl (C=O) groups excluding carboxylic acids is 1. The smallest absolute Gasteiger partial charge is 0.264 e. The van der Waals surface area contributed by atoms with Gasteiger partial charge in [0.1, 0.15) is 5.82 Å². The number of rotatable bonds is 5. The van der Waals surface area contributed by atoms with Crippen LogP contribution < -0.4 is 9.62 Å². The van der Waals surface area contributed by atoms with Gasteiger partial charge in [0.25, 0.3) is 15.9 Å². The van der Waals surface area contributed by atoms with Gasteiger partial charge in [-0.25, -0.2) is 12.8 Å². The summed E-state index contributed by atoms with van der Waals surface area (Å²) in [5, 5.41) is 2.91. The van der Waals surface area contributed by atoms with Gasteiger partial charge < -0.3 is 5.32 Å². The van der Waals surface area contributed by atoms with E-state index in [9.17, 15) is 17.6 Å². The predicted molar refractivity (Wildman–Crippen MR) is 118 cm³/mol. The minimum Gasteiger partial charge on any atom is -0.346 e. The SMILES string of the molecule is CC(NC(=O)c1ccc2c(c1)CC(C)N2S(=O)(=O)c1ccccc1)c1ccc(F)cc1. The third-order valence-electron chi connectivity index (χ3n) is 5.51. The van der Waals surface area contributed by atoms with Crippen LogP contribution in [0.4, 0.5) is 10.1 Å². The summed E-state index contributed by atoms with van der Waals surface area (Å²) >= 11 is 0. The van der Waals surface area contributed by atoms with Crippen LogP contribution in [0.1, 0.15) is 41.4 Å². The zero-order valence-electron chi connectivity index (χ0n) is 17.2. The number of sulfonamides is 1. The standard InChI is InChI=1S/C24H23FN2O3S/c1-16-14-20-15-19(24(28)26-17(2)18-8-11-21(25)12-9-18)10-13-23(20)27(16)31(29,30)22-6-4-3-5-7-22/h3-13,15-17H,14H2,1-2H3,(H,26,28). The highest BCUT2D eigenvalue weighted by Crippen LogP contribution is 2.37. The van der Waals surface area contributed by atoms with Gasteiger partial charge >= 0.3 is 0 Å². The summed E-state index contributed by atoms with van der Waals surface area (Å²) in [6.07, 6.45) is 0.524. The largest absolute Gasteiger partial charge is 0.346 e. The van der Waals surface area contributed by atoms with Crippen LogP contribution in [0.25, 0.3) is 0 Å². The molecule has 4 rings (SSSR count). The van der Waals surface area contributed by atoms with Crippen molar-refractivity contribution < 1.29 is 17.6 Å². The molecule has 0 spiro atoms. The number of benzene rings is 3. The number of hydrogen-bond donors (Lipinski definition) is 1. The third kappa shape index (κ3) is 4.05. The molecule has 3 aromatic carbocycles. The molecule has 1 aliphatic rings. The molecule has 0 saturated carbocycles. The highest BCUT2D eigenvalue weighted by molar-refractivity contribution is 7.92. The van der Waals surface area contributed by atoms with Crippen molar-refractivity contribution in [3.63, 3.8) is 0 Å². The normalized spacial score (nSPS) is 16.6. The van der Waals surface area contributed by atoms with Crippen molar-refractivity contribution in [3.8, 4) is 0 Å². The predicted octanol–water partition coefficient (Wildman–Crippen LogP) is 4.46. The van der Waals surface area contributed by atoms with E-state index in [1.807, 2.05) is 13.8 Å². The molecule has 0 aliphatic carbocycles. The molecule has 2 unspecified atom stereocenters. The number of nitrogens with zero attached hydrogens (tertiary/aromatic N) is 1. The molecular formula is C24H23FN2O3S. The molecule has 31 heavy (non-hydrogen) atoms. The van der Waals surface area contributed by atoms with E-state index in [1.54, 1.807) is 60.7 Å². The molecule has 0 radical (unpaired) electrons. The monoisotopic (exact) mass is 438 g/mol. The van der Waals surface area contributed by atoms with Crippen molar-refractivity contribution in [3.05, 3.63) is 95.3 Å². The lowest BCUT2D eigenvalue weighted by molar-refractivity contribution is 0.0940. The maximum atomic E-state index is 13.2. The van der Waals surface area contributed by atoms with Crippen molar-refractivity contribution in [1.29, 1.82) is 0 Å². The first kappa shape index (κ1) is 21.1. The maximum Gasteiger partial charge on any atom is 0.264 e. The number of amides is 1. The molecule has 0 fully saturated rings. The molecule has 2 atom stereocenters. The Bertz CT molecular complexity index is 1210. The van der Waals surface area contributed by atoms with Crippen LogP contribution in [-0.4, -0.2) is 20.4 Å². The lowest BCUT2D eigenvalue weighted by Gasteiger charge is -2.24. The van der Waals surface area contributed by atoms with E-state index >= 15 is 0 Å². The maximum absolute atomic E-state index is 13.2. The van der Waals surface area contributed by atoms with Gasteiger partial charge in [0, 0.05) is 11.6 Å². The first-order valence-electron chi connectivity index (χ1n) is 10.1. The fourth-order valence-corrected chi connectivity index (χ4v) is 5.64. The van der Waals surface area contributed by atoms with E-state index in [2.05, 4.69) is 5.32 Å². The molecule has 0 bridgehead atoms. The lowest BCUT2D eigenvalue weighted by atomic mass is 10.0. The number of anilines is 1. The van der Waals surface area contributed by atoms with E-state index < -0.39 is 10.0 Å². The van der Waals surface area contributed by atoms with Crippen molar-refractivity contribution >= 4 is 21.6 Å². The summed E-state index contributed by atoms with van der Waals surface area (Å²) in [5.41, 5.74) is 2.66. The summed E-state index contributed by atoms with van der Waals surface area (Å²) in [4.78, 5) is 13.0. The van der Waals surface area contributed by atoms with Gasteiger partial charge in [-0.2, -0.15) is 0 Å². The van der Waals surface area contributed by atoms with Crippen LogP contribution in [0.3, 0.4) is 0 Å². The Morgan fingerprint density at radius 2 is 1.74 bits per heavy atom. The zero-order valence-corrected chi connectivity index (χ0v) is 18.1. The molecule has 3 aromatic rings. The van der Waals surface area contributed by atoms with Gasteiger partial charge in [-0.3, -0.25) is 9.10 Å². The Morgan fingerprint density at radius 1 is 1.06 bits per heavy atom. The molecule has 0 aromatic heterocycles. The number of nitrogens with one attached hydrogen (secondary N) is 1. The van der Waals surface area contributed by atoms with Gasteiger partial charge in [0.15, 0.2) is 0 Å². The Morgan fingerprint density at radius 3 is 2.42 bits per heavy atom. The summed E-state index contributed by atoms with van der Waals surface area (Å²) < 4.78 is 40.9. The summed E-state index contributed by atoms with van der Waals surface area (Å²) in [6.45, 7) is 3.69. The molecule has 1 aliphatic heterocycles. The zero-order chi connectivity index (χ0) is 22.2. The second-order valence-electron chi connectivity index (χ2n) is 7.76. The molecule has 1 N–H and O–H groups in total. The highest BCUT2D eigenvalue weighted by atomic mass is 32.2. The first-order chi connectivity index (χ1) is 14.8. The fraction of sp³-hybridized carbons (Fsp3) is 0.208. The lowest BCUT2D eigenvalue weighted by Crippen LogP contribution is -2.35. The number of hydrogen-bond acceptors (Lipinski definition) is 3. The molecule has 0 saturated heterocycles. The minimum absolute atomic E-state index is 0.240. The molecule has 1 amide bonds. The van der Waals surface area contributed by atoms with Gasteiger partial charge in [-0.15, -0.1) is 0 Å². The second-order valence-corrected chi connectivity index (χ2v) is 9.57. The summed E-state index contributed by atoms with van der Waals surface area (Å²) in [6, 6.07) is 18.9. The fourth-order valence-electron chi connectivity index (χ4n) is 3.93. The van der Waals surface area contributed by atoms with E-state index in [4.69, 9.17) is 0 Å². The Kier molecular flexibility index (Phi) is 5.54. The number of carbonyl (C=O) groups is 1. The second kappa shape index (κ2) is 8.15. The number of fused-ring (bicyclic) bond motifs is 1. The topological polar surface area (TPSA) is 66.5 Å². The molecule has 160 valence electrons. The quantitative estimate of drug-likeness (QED) is 0.640. The molecule has 7 heteroatoms. The van der Waals surface area contributed by atoms with E-state index in [1.165, 1.54) is 16.4 Å². The van der Waals surface area contributed by atoms with E-state index in [0.29, 0.717) is 17.7 Å². The van der Waals surface area contributed by atoms with E-state index in [-0.39, 0.29) is 28.7 Å². The summed E-state index contributed by atoms with van der Waals surface area (Å²) in [7, 11) is -3.69.